The first-order valence-corrected chi connectivity index (χ1v) is 9.49. The molecule has 0 radical (unpaired) electrons. The summed E-state index contributed by atoms with van der Waals surface area (Å²) < 4.78 is 11.8. The van der Waals surface area contributed by atoms with E-state index in [0.29, 0.717) is 22.7 Å². The van der Waals surface area contributed by atoms with Gasteiger partial charge in [-0.25, -0.2) is 4.98 Å². The van der Waals surface area contributed by atoms with Crippen LogP contribution in [-0.4, -0.2) is 25.1 Å². The number of benzene rings is 3. The molecule has 0 atom stereocenters. The van der Waals surface area contributed by atoms with Crippen LogP contribution < -0.4 is 14.8 Å². The number of aromatic nitrogens is 1. The molecule has 28 heavy (non-hydrogen) atoms. The molecule has 0 spiro atoms. The predicted octanol–water partition coefficient (Wildman–Crippen LogP) is 5.23. The topological polar surface area (TPSA) is 60.5 Å². The van der Waals surface area contributed by atoms with Crippen LogP contribution in [0.5, 0.6) is 11.5 Å². The standard InChI is InChI=1S/C22H18N2O3S/c1-26-17-7-5-8-18(27-2)20(17)21(25)23-15-12-10-14(11-13-15)22-24-16-6-3-4-9-19(16)28-22/h3-13H,1-2H3,(H,23,25). The summed E-state index contributed by atoms with van der Waals surface area (Å²) in [5.74, 6) is 0.632. The smallest absolute Gasteiger partial charge is 0.263 e. The van der Waals surface area contributed by atoms with E-state index < -0.39 is 0 Å². The van der Waals surface area contributed by atoms with Crippen molar-refractivity contribution in [1.29, 1.82) is 0 Å². The van der Waals surface area contributed by atoms with Crippen LogP contribution in [0.3, 0.4) is 0 Å². The van der Waals surface area contributed by atoms with Crippen LogP contribution in [-0.2, 0) is 0 Å². The van der Waals surface area contributed by atoms with Crippen LogP contribution in [0.2, 0.25) is 0 Å². The molecular weight excluding hydrogens is 372 g/mol. The third kappa shape index (κ3) is 3.42. The van der Waals surface area contributed by atoms with Crippen molar-refractivity contribution in [3.05, 3.63) is 72.3 Å². The highest BCUT2D eigenvalue weighted by molar-refractivity contribution is 7.21. The SMILES string of the molecule is COc1cccc(OC)c1C(=O)Nc1ccc(-c2nc3ccccc3s2)cc1. The minimum atomic E-state index is -0.290. The summed E-state index contributed by atoms with van der Waals surface area (Å²) in [6, 6.07) is 20.9. The molecule has 0 fully saturated rings. The van der Waals surface area contributed by atoms with Gasteiger partial charge in [0, 0.05) is 11.3 Å². The predicted molar refractivity (Wildman–Crippen MR) is 113 cm³/mol. The van der Waals surface area contributed by atoms with Crippen LogP contribution in [0.25, 0.3) is 20.8 Å². The normalized spacial score (nSPS) is 10.6. The highest BCUT2D eigenvalue weighted by atomic mass is 32.1. The Morgan fingerprint density at radius 3 is 2.21 bits per heavy atom. The number of anilines is 1. The van der Waals surface area contributed by atoms with Gasteiger partial charge in [0.1, 0.15) is 22.1 Å². The first-order chi connectivity index (χ1) is 13.7. The zero-order valence-electron chi connectivity index (χ0n) is 15.4. The molecule has 0 saturated carbocycles. The second kappa shape index (κ2) is 7.70. The summed E-state index contributed by atoms with van der Waals surface area (Å²) in [5.41, 5.74) is 3.04. The van der Waals surface area contributed by atoms with E-state index in [1.807, 2.05) is 42.5 Å². The lowest BCUT2D eigenvalue weighted by molar-refractivity contribution is 0.102. The number of hydrogen-bond donors (Lipinski definition) is 1. The lowest BCUT2D eigenvalue weighted by Crippen LogP contribution is -2.14. The van der Waals surface area contributed by atoms with Crippen LogP contribution in [0.15, 0.2) is 66.7 Å². The van der Waals surface area contributed by atoms with Crippen LogP contribution in [0.4, 0.5) is 5.69 Å². The second-order valence-corrected chi connectivity index (χ2v) is 7.09. The molecule has 0 bridgehead atoms. The van der Waals surface area contributed by atoms with Crippen LogP contribution in [0.1, 0.15) is 10.4 Å². The molecule has 0 aliphatic rings. The molecule has 1 aromatic heterocycles. The molecule has 5 nitrogen and oxygen atoms in total. The van der Waals surface area contributed by atoms with Crippen molar-refractivity contribution in [1.82, 2.24) is 4.98 Å². The summed E-state index contributed by atoms with van der Waals surface area (Å²) in [6.07, 6.45) is 0. The Balaban J connectivity index is 1.57. The van der Waals surface area contributed by atoms with Crippen molar-refractivity contribution in [2.75, 3.05) is 19.5 Å². The Morgan fingerprint density at radius 2 is 1.57 bits per heavy atom. The number of nitrogens with zero attached hydrogens (tertiary/aromatic N) is 1. The van der Waals surface area contributed by atoms with Crippen molar-refractivity contribution in [2.45, 2.75) is 0 Å². The van der Waals surface area contributed by atoms with E-state index >= 15 is 0 Å². The molecule has 0 saturated heterocycles. The molecule has 6 heteroatoms. The number of hydrogen-bond acceptors (Lipinski definition) is 5. The van der Waals surface area contributed by atoms with E-state index in [1.165, 1.54) is 14.2 Å². The minimum absolute atomic E-state index is 0.290. The second-order valence-electron chi connectivity index (χ2n) is 6.06. The molecule has 1 heterocycles. The lowest BCUT2D eigenvalue weighted by Gasteiger charge is -2.13. The third-order valence-corrected chi connectivity index (χ3v) is 5.42. The molecule has 0 unspecified atom stereocenters. The lowest BCUT2D eigenvalue weighted by atomic mass is 10.1. The Morgan fingerprint density at radius 1 is 0.893 bits per heavy atom. The van der Waals surface area contributed by atoms with Crippen LogP contribution >= 0.6 is 11.3 Å². The average Bonchev–Trinajstić information content (AvgIpc) is 3.17. The number of fused-ring (bicyclic) bond motifs is 1. The fourth-order valence-electron chi connectivity index (χ4n) is 2.96. The number of rotatable bonds is 5. The van der Waals surface area contributed by atoms with E-state index in [-0.39, 0.29) is 5.91 Å². The number of para-hydroxylation sites is 1. The summed E-state index contributed by atoms with van der Waals surface area (Å²) in [4.78, 5) is 17.4. The van der Waals surface area contributed by atoms with Gasteiger partial charge in [0.2, 0.25) is 0 Å². The molecule has 4 rings (SSSR count). The van der Waals surface area contributed by atoms with Crippen molar-refractivity contribution in [3.63, 3.8) is 0 Å². The Hall–Kier alpha value is -3.38. The Labute approximate surface area is 166 Å². The molecule has 0 aliphatic carbocycles. The molecule has 1 amide bonds. The number of amides is 1. The van der Waals surface area contributed by atoms with Gasteiger partial charge in [-0.2, -0.15) is 0 Å². The van der Waals surface area contributed by atoms with Gasteiger partial charge in [0.05, 0.1) is 24.4 Å². The maximum atomic E-state index is 12.8. The quantitative estimate of drug-likeness (QED) is 0.507. The maximum absolute atomic E-state index is 12.8. The van der Waals surface area contributed by atoms with Gasteiger partial charge in [-0.3, -0.25) is 4.79 Å². The number of carbonyl (C=O) groups excluding carboxylic acids is 1. The third-order valence-electron chi connectivity index (χ3n) is 4.34. The first-order valence-electron chi connectivity index (χ1n) is 8.68. The fraction of sp³-hybridized carbons (Fsp3) is 0.0909. The van der Waals surface area contributed by atoms with Crippen molar-refractivity contribution in [3.8, 4) is 22.1 Å². The minimum Gasteiger partial charge on any atom is -0.496 e. The molecule has 4 aromatic rings. The molecule has 3 aromatic carbocycles. The summed E-state index contributed by atoms with van der Waals surface area (Å²) in [5, 5.41) is 3.85. The molecule has 0 aliphatic heterocycles. The van der Waals surface area contributed by atoms with E-state index in [1.54, 1.807) is 29.5 Å². The zero-order chi connectivity index (χ0) is 19.5. The molecule has 140 valence electrons. The highest BCUT2D eigenvalue weighted by Crippen LogP contribution is 2.32. The van der Waals surface area contributed by atoms with E-state index in [2.05, 4.69) is 16.4 Å². The summed E-state index contributed by atoms with van der Waals surface area (Å²) >= 11 is 1.65. The Kier molecular flexibility index (Phi) is 4.95. The maximum Gasteiger partial charge on any atom is 0.263 e. The number of ether oxygens (including phenoxy) is 2. The summed E-state index contributed by atoms with van der Waals surface area (Å²) in [7, 11) is 3.05. The van der Waals surface area contributed by atoms with Gasteiger partial charge in [-0.15, -0.1) is 11.3 Å². The number of thiazole rings is 1. The van der Waals surface area contributed by atoms with Gasteiger partial charge in [0.25, 0.3) is 5.91 Å². The van der Waals surface area contributed by atoms with Crippen molar-refractivity contribution < 1.29 is 14.3 Å². The Bertz CT molecular complexity index is 1080. The average molecular weight is 390 g/mol. The highest BCUT2D eigenvalue weighted by Gasteiger charge is 2.18. The number of nitrogens with one attached hydrogen (secondary N) is 1. The summed E-state index contributed by atoms with van der Waals surface area (Å²) in [6.45, 7) is 0. The number of methoxy groups -OCH3 is 2. The van der Waals surface area contributed by atoms with Crippen molar-refractivity contribution in [2.24, 2.45) is 0 Å². The van der Waals surface area contributed by atoms with E-state index in [9.17, 15) is 4.79 Å². The first kappa shape index (κ1) is 18.0. The van der Waals surface area contributed by atoms with Gasteiger partial charge < -0.3 is 14.8 Å². The fourth-order valence-corrected chi connectivity index (χ4v) is 3.93. The van der Waals surface area contributed by atoms with Gasteiger partial charge in [0.15, 0.2) is 0 Å². The molecular formula is C22H18N2O3S. The van der Waals surface area contributed by atoms with Gasteiger partial charge in [-0.1, -0.05) is 18.2 Å². The van der Waals surface area contributed by atoms with Crippen molar-refractivity contribution >= 4 is 33.1 Å². The van der Waals surface area contributed by atoms with E-state index in [4.69, 9.17) is 9.47 Å². The van der Waals surface area contributed by atoms with Gasteiger partial charge >= 0.3 is 0 Å². The van der Waals surface area contributed by atoms with E-state index in [0.717, 1.165) is 20.8 Å². The molecule has 1 N–H and O–H groups in total. The van der Waals surface area contributed by atoms with Crippen LogP contribution in [0, 0.1) is 0 Å². The number of carbonyl (C=O) groups is 1. The largest absolute Gasteiger partial charge is 0.496 e. The monoisotopic (exact) mass is 390 g/mol. The zero-order valence-corrected chi connectivity index (χ0v) is 16.2. The van der Waals surface area contributed by atoms with Gasteiger partial charge in [-0.05, 0) is 48.5 Å².